The number of nitrogens with one attached hydrogen (secondary N) is 1. The van der Waals surface area contributed by atoms with Gasteiger partial charge in [0.15, 0.2) is 5.69 Å². The Bertz CT molecular complexity index is 738. The fourth-order valence-corrected chi connectivity index (χ4v) is 3.79. The van der Waals surface area contributed by atoms with Gasteiger partial charge in [-0.1, -0.05) is 12.1 Å². The highest BCUT2D eigenvalue weighted by Crippen LogP contribution is 2.22. The molecular weight excluding hydrogens is 326 g/mol. The fraction of sp³-hybridized carbons (Fsp3) is 0.353. The van der Waals surface area contributed by atoms with Gasteiger partial charge in [-0.3, -0.25) is 4.79 Å². The normalized spacial score (nSPS) is 15.2. The molecule has 0 spiro atoms. The third kappa shape index (κ3) is 3.97. The summed E-state index contributed by atoms with van der Waals surface area (Å²) in [5.41, 5.74) is 1.73. The second kappa shape index (κ2) is 7.53. The van der Waals surface area contributed by atoms with Gasteiger partial charge in [0.25, 0.3) is 0 Å². The summed E-state index contributed by atoms with van der Waals surface area (Å²) >= 11 is 1.90. The molecule has 1 aliphatic rings. The van der Waals surface area contributed by atoms with Gasteiger partial charge in [0.05, 0.1) is 5.69 Å². The van der Waals surface area contributed by atoms with Crippen LogP contribution in [-0.4, -0.2) is 38.3 Å². The van der Waals surface area contributed by atoms with E-state index in [0.29, 0.717) is 6.54 Å². The molecule has 3 rings (SSSR count). The van der Waals surface area contributed by atoms with Crippen LogP contribution in [-0.2, 0) is 11.3 Å². The number of carboxylic acids is 1. The Morgan fingerprint density at radius 1 is 1.29 bits per heavy atom. The van der Waals surface area contributed by atoms with Gasteiger partial charge in [-0.15, -0.1) is 0 Å². The molecule has 2 aromatic rings. The zero-order valence-electron chi connectivity index (χ0n) is 13.1. The van der Waals surface area contributed by atoms with E-state index in [-0.39, 0.29) is 17.5 Å². The monoisotopic (exact) mass is 345 g/mol. The number of hydrogen-bond acceptors (Lipinski definition) is 4. The number of hydrogen-bond donors (Lipinski definition) is 2. The summed E-state index contributed by atoms with van der Waals surface area (Å²) in [5, 5.41) is 16.0. The van der Waals surface area contributed by atoms with Crippen LogP contribution in [0.1, 0.15) is 28.9 Å². The molecule has 1 fully saturated rings. The van der Waals surface area contributed by atoms with E-state index in [1.54, 1.807) is 6.20 Å². The Balaban J connectivity index is 1.64. The largest absolute Gasteiger partial charge is 0.476 e. The summed E-state index contributed by atoms with van der Waals surface area (Å²) in [7, 11) is 0. The molecule has 1 aromatic carbocycles. The van der Waals surface area contributed by atoms with E-state index in [1.165, 1.54) is 10.7 Å². The zero-order chi connectivity index (χ0) is 16.9. The summed E-state index contributed by atoms with van der Waals surface area (Å²) in [5.74, 6) is 1.30. The predicted molar refractivity (Wildman–Crippen MR) is 92.4 cm³/mol. The van der Waals surface area contributed by atoms with Crippen molar-refractivity contribution in [3.05, 3.63) is 47.8 Å². The van der Waals surface area contributed by atoms with Gasteiger partial charge in [-0.25, -0.2) is 9.48 Å². The number of benzene rings is 1. The number of carboxylic acid groups (broad SMARTS) is 1. The van der Waals surface area contributed by atoms with Crippen molar-refractivity contribution < 1.29 is 14.7 Å². The van der Waals surface area contributed by atoms with Crippen molar-refractivity contribution in [2.24, 2.45) is 5.92 Å². The van der Waals surface area contributed by atoms with E-state index in [2.05, 4.69) is 10.4 Å². The average molecular weight is 345 g/mol. The third-order valence-corrected chi connectivity index (χ3v) is 5.09. The zero-order valence-corrected chi connectivity index (χ0v) is 14.0. The van der Waals surface area contributed by atoms with E-state index in [1.807, 2.05) is 36.0 Å². The first-order chi connectivity index (χ1) is 11.6. The number of aromatic carboxylic acids is 1. The predicted octanol–water partition coefficient (Wildman–Crippen LogP) is 2.33. The van der Waals surface area contributed by atoms with Gasteiger partial charge >= 0.3 is 5.97 Å². The fourth-order valence-electron chi connectivity index (χ4n) is 2.68. The van der Waals surface area contributed by atoms with Crippen molar-refractivity contribution in [1.29, 1.82) is 0 Å². The Hall–Kier alpha value is -2.28. The Kier molecular flexibility index (Phi) is 5.20. The van der Waals surface area contributed by atoms with E-state index >= 15 is 0 Å². The molecule has 2 N–H and O–H groups in total. The van der Waals surface area contributed by atoms with Crippen molar-refractivity contribution in [2.75, 3.05) is 11.5 Å². The first-order valence-corrected chi connectivity index (χ1v) is 9.02. The van der Waals surface area contributed by atoms with Crippen molar-refractivity contribution >= 4 is 23.6 Å². The Morgan fingerprint density at radius 3 is 2.79 bits per heavy atom. The van der Waals surface area contributed by atoms with E-state index in [0.717, 1.165) is 35.6 Å². The lowest BCUT2D eigenvalue weighted by Crippen LogP contribution is -2.32. The topological polar surface area (TPSA) is 84.2 Å². The molecule has 1 aromatic heterocycles. The van der Waals surface area contributed by atoms with Crippen molar-refractivity contribution in [3.8, 4) is 5.69 Å². The molecule has 0 bridgehead atoms. The van der Waals surface area contributed by atoms with Crippen LogP contribution < -0.4 is 5.32 Å². The number of amides is 1. The lowest BCUT2D eigenvalue weighted by Gasteiger charge is -2.20. The molecule has 7 heteroatoms. The maximum Gasteiger partial charge on any atom is 0.356 e. The van der Waals surface area contributed by atoms with Crippen LogP contribution in [0.2, 0.25) is 0 Å². The van der Waals surface area contributed by atoms with Crippen LogP contribution in [0.25, 0.3) is 5.69 Å². The molecule has 2 heterocycles. The molecule has 0 radical (unpaired) electrons. The minimum Gasteiger partial charge on any atom is -0.476 e. The highest BCUT2D eigenvalue weighted by Gasteiger charge is 2.20. The molecule has 0 aliphatic carbocycles. The minimum absolute atomic E-state index is 0.00359. The number of carbonyl (C=O) groups is 2. The highest BCUT2D eigenvalue weighted by molar-refractivity contribution is 7.99. The molecule has 1 amide bonds. The van der Waals surface area contributed by atoms with E-state index in [4.69, 9.17) is 5.11 Å². The number of carbonyl (C=O) groups excluding carboxylic acids is 1. The highest BCUT2D eigenvalue weighted by atomic mass is 32.2. The van der Waals surface area contributed by atoms with Crippen molar-refractivity contribution in [3.63, 3.8) is 0 Å². The molecule has 1 saturated heterocycles. The SMILES string of the molecule is O=C(O)c1ccn(-c2cccc(CNC(=O)C3CCSCC3)c2)n1. The van der Waals surface area contributed by atoms with Crippen LogP contribution in [0, 0.1) is 5.92 Å². The van der Waals surface area contributed by atoms with Crippen molar-refractivity contribution in [1.82, 2.24) is 15.1 Å². The number of aromatic nitrogens is 2. The smallest absolute Gasteiger partial charge is 0.356 e. The van der Waals surface area contributed by atoms with E-state index in [9.17, 15) is 9.59 Å². The van der Waals surface area contributed by atoms with Gasteiger partial charge in [0.1, 0.15) is 0 Å². The molecule has 126 valence electrons. The van der Waals surface area contributed by atoms with Crippen LogP contribution >= 0.6 is 11.8 Å². The Labute approximate surface area is 144 Å². The summed E-state index contributed by atoms with van der Waals surface area (Å²) in [4.78, 5) is 23.1. The Morgan fingerprint density at radius 2 is 2.08 bits per heavy atom. The number of thioether (sulfide) groups is 1. The second-order valence-electron chi connectivity index (χ2n) is 5.73. The quantitative estimate of drug-likeness (QED) is 0.869. The van der Waals surface area contributed by atoms with Gasteiger partial charge < -0.3 is 10.4 Å². The lowest BCUT2D eigenvalue weighted by atomic mass is 10.0. The summed E-state index contributed by atoms with van der Waals surface area (Å²) in [6.45, 7) is 0.462. The number of rotatable bonds is 5. The van der Waals surface area contributed by atoms with Gasteiger partial charge in [0, 0.05) is 18.7 Å². The maximum atomic E-state index is 12.2. The summed E-state index contributed by atoms with van der Waals surface area (Å²) < 4.78 is 1.52. The maximum absolute atomic E-state index is 12.2. The second-order valence-corrected chi connectivity index (χ2v) is 6.95. The standard InChI is InChI=1S/C17H19N3O3S/c21-16(13-5-8-24-9-6-13)18-11-12-2-1-3-14(10-12)20-7-4-15(19-20)17(22)23/h1-4,7,10,13H,5-6,8-9,11H2,(H,18,21)(H,22,23). The molecule has 6 nitrogen and oxygen atoms in total. The van der Waals surface area contributed by atoms with Gasteiger partial charge in [0.2, 0.25) is 5.91 Å². The first-order valence-electron chi connectivity index (χ1n) is 7.87. The van der Waals surface area contributed by atoms with Crippen LogP contribution in [0.15, 0.2) is 36.5 Å². The van der Waals surface area contributed by atoms with Crippen molar-refractivity contribution in [2.45, 2.75) is 19.4 Å². The molecule has 0 atom stereocenters. The molecule has 0 saturated carbocycles. The lowest BCUT2D eigenvalue weighted by molar-refractivity contribution is -0.125. The van der Waals surface area contributed by atoms with Crippen LogP contribution in [0.4, 0.5) is 0 Å². The van der Waals surface area contributed by atoms with Gasteiger partial charge in [-0.2, -0.15) is 16.9 Å². The average Bonchev–Trinajstić information content (AvgIpc) is 3.11. The van der Waals surface area contributed by atoms with Crippen LogP contribution in [0.3, 0.4) is 0 Å². The molecule has 1 aliphatic heterocycles. The molecular formula is C17H19N3O3S. The minimum atomic E-state index is -1.05. The molecule has 0 unspecified atom stereocenters. The third-order valence-electron chi connectivity index (χ3n) is 4.04. The van der Waals surface area contributed by atoms with Gasteiger partial charge in [-0.05, 0) is 48.1 Å². The first kappa shape index (κ1) is 16.6. The van der Waals surface area contributed by atoms with Crippen LogP contribution in [0.5, 0.6) is 0 Å². The van der Waals surface area contributed by atoms with E-state index < -0.39 is 5.97 Å². The molecule has 24 heavy (non-hydrogen) atoms. The number of nitrogens with zero attached hydrogens (tertiary/aromatic N) is 2. The summed E-state index contributed by atoms with van der Waals surface area (Å²) in [6, 6.07) is 9.01. The summed E-state index contributed by atoms with van der Waals surface area (Å²) in [6.07, 6.45) is 3.50.